The molecule has 0 unspecified atom stereocenters. The summed E-state index contributed by atoms with van der Waals surface area (Å²) in [7, 11) is 3.72. The van der Waals surface area contributed by atoms with Gasteiger partial charge in [0.15, 0.2) is 11.6 Å². The zero-order valence-corrected chi connectivity index (χ0v) is 21.9. The van der Waals surface area contributed by atoms with Gasteiger partial charge in [-0.1, -0.05) is 12.1 Å². The Hall–Kier alpha value is -3.77. The van der Waals surface area contributed by atoms with Crippen molar-refractivity contribution in [2.24, 2.45) is 0 Å². The van der Waals surface area contributed by atoms with Crippen LogP contribution in [-0.2, 0) is 16.1 Å². The summed E-state index contributed by atoms with van der Waals surface area (Å²) >= 11 is 0. The van der Waals surface area contributed by atoms with Crippen molar-refractivity contribution in [1.29, 1.82) is 0 Å². The molecule has 2 aromatic carbocycles. The fourth-order valence-electron chi connectivity index (χ4n) is 4.11. The normalized spacial score (nSPS) is 15.2. The minimum atomic E-state index is -0.985. The molecule has 0 aromatic heterocycles. The zero-order valence-electron chi connectivity index (χ0n) is 21.9. The van der Waals surface area contributed by atoms with Gasteiger partial charge >= 0.3 is 12.1 Å². The van der Waals surface area contributed by atoms with E-state index in [4.69, 9.17) is 9.84 Å². The summed E-state index contributed by atoms with van der Waals surface area (Å²) in [6.45, 7) is 4.97. The Bertz CT molecular complexity index is 1140. The van der Waals surface area contributed by atoms with Crippen LogP contribution in [0, 0.1) is 11.6 Å². The van der Waals surface area contributed by atoms with Gasteiger partial charge in [-0.25, -0.2) is 28.4 Å². The highest BCUT2D eigenvalue weighted by Crippen LogP contribution is 2.31. The van der Waals surface area contributed by atoms with Gasteiger partial charge in [0.25, 0.3) is 0 Å². The lowest BCUT2D eigenvalue weighted by atomic mass is 10.1. The van der Waals surface area contributed by atoms with Gasteiger partial charge < -0.3 is 20.1 Å². The highest BCUT2D eigenvalue weighted by atomic mass is 19.1. The third-order valence-electron chi connectivity index (χ3n) is 6.35. The van der Waals surface area contributed by atoms with Crippen molar-refractivity contribution < 1.29 is 33.0 Å². The lowest BCUT2D eigenvalue weighted by Gasteiger charge is -2.32. The third-order valence-corrected chi connectivity index (χ3v) is 6.35. The second-order valence-electron chi connectivity index (χ2n) is 9.09. The lowest BCUT2D eigenvalue weighted by molar-refractivity contribution is -0.119. The molecule has 1 heterocycles. The summed E-state index contributed by atoms with van der Waals surface area (Å²) in [6.07, 6.45) is -1.35. The predicted molar refractivity (Wildman–Crippen MR) is 138 cm³/mol. The first-order chi connectivity index (χ1) is 18.0. The van der Waals surface area contributed by atoms with Crippen molar-refractivity contribution in [1.82, 2.24) is 15.3 Å². The van der Waals surface area contributed by atoms with E-state index >= 15 is 8.78 Å². The van der Waals surface area contributed by atoms with Crippen molar-refractivity contribution in [3.63, 3.8) is 0 Å². The summed E-state index contributed by atoms with van der Waals surface area (Å²) in [6, 6.07) is 8.81. The Labute approximate surface area is 220 Å². The number of carbonyl (C=O) groups excluding carboxylic acids is 2. The second kappa shape index (κ2) is 12.7. The zero-order chi connectivity index (χ0) is 28.0. The van der Waals surface area contributed by atoms with Crippen LogP contribution < -0.4 is 15.1 Å². The van der Waals surface area contributed by atoms with E-state index in [0.717, 1.165) is 22.6 Å². The van der Waals surface area contributed by atoms with Crippen molar-refractivity contribution in [2.45, 2.75) is 26.5 Å². The van der Waals surface area contributed by atoms with E-state index in [1.165, 1.54) is 6.92 Å². The van der Waals surface area contributed by atoms with Gasteiger partial charge in [0.1, 0.15) is 11.8 Å². The quantitative estimate of drug-likeness (QED) is 0.402. The molecule has 1 saturated heterocycles. The van der Waals surface area contributed by atoms with Gasteiger partial charge in [0, 0.05) is 59.3 Å². The molecule has 0 saturated carbocycles. The molecule has 0 radical (unpaired) electrons. The Morgan fingerprint density at radius 3 is 2.29 bits per heavy atom. The number of ether oxygens (including phenoxy) is 1. The van der Waals surface area contributed by atoms with Crippen LogP contribution in [0.3, 0.4) is 0 Å². The first-order valence-corrected chi connectivity index (χ1v) is 12.2. The van der Waals surface area contributed by atoms with Gasteiger partial charge in [-0.15, -0.1) is 0 Å². The monoisotopic (exact) mass is 533 g/mol. The number of carboxylic acids is 1. The molecule has 38 heavy (non-hydrogen) atoms. The Morgan fingerprint density at radius 2 is 1.74 bits per heavy atom. The summed E-state index contributed by atoms with van der Waals surface area (Å²) < 4.78 is 35.5. The number of cyclic esters (lactones) is 1. The second-order valence-corrected chi connectivity index (χ2v) is 9.09. The molecule has 0 spiro atoms. The number of rotatable bonds is 12. The maximum absolute atomic E-state index is 15.2. The molecule has 2 N–H and O–H groups in total. The minimum Gasteiger partial charge on any atom is -0.478 e. The number of hydrogen-bond acceptors (Lipinski definition) is 7. The Balaban J connectivity index is 1.63. The van der Waals surface area contributed by atoms with Gasteiger partial charge in [-0.05, 0) is 24.6 Å². The molecule has 2 aromatic rings. The number of hydrazine groups is 1. The van der Waals surface area contributed by atoms with E-state index in [1.54, 1.807) is 36.1 Å². The molecular formula is C26H33F2N5O5. The molecular weight excluding hydrogens is 500 g/mol. The average molecular weight is 534 g/mol. The standard InChI is InChI=1S/C26H33F2N5O5/c1-5-32(11-10-30(3)31(4)15-18-6-8-19(9-7-18)25(35)36)24-22(27)12-20(13-23(24)28)33-16-21(38-26(33)37)14-29-17(2)34/h6-9,12-13,21H,5,10-11,14-16H2,1-4H3,(H,29,34)(H,35,36)/t21-/m0/s1. The van der Waals surface area contributed by atoms with Gasteiger partial charge in [-0.2, -0.15) is 0 Å². The Kier molecular flexibility index (Phi) is 9.59. The number of nitrogens with zero attached hydrogens (tertiary/aromatic N) is 4. The van der Waals surface area contributed by atoms with Crippen molar-refractivity contribution in [2.75, 3.05) is 56.6 Å². The van der Waals surface area contributed by atoms with Crippen LogP contribution in [0.5, 0.6) is 0 Å². The first-order valence-electron chi connectivity index (χ1n) is 12.2. The Morgan fingerprint density at radius 1 is 1.11 bits per heavy atom. The number of carbonyl (C=O) groups is 3. The topological polar surface area (TPSA) is 106 Å². The number of hydrogen-bond donors (Lipinski definition) is 2. The van der Waals surface area contributed by atoms with Crippen molar-refractivity contribution in [3.8, 4) is 0 Å². The van der Waals surface area contributed by atoms with Crippen LogP contribution >= 0.6 is 0 Å². The number of amides is 2. The van der Waals surface area contributed by atoms with E-state index in [9.17, 15) is 14.4 Å². The molecule has 1 aliphatic rings. The number of likely N-dealkylation sites (N-methyl/N-ethyl adjacent to an activating group) is 2. The SMILES string of the molecule is CCN(CCN(C)N(C)Cc1ccc(C(=O)O)cc1)c1c(F)cc(N2C[C@H](CNC(C)=O)OC2=O)cc1F. The molecule has 0 bridgehead atoms. The molecule has 0 aliphatic carbocycles. The number of anilines is 2. The minimum absolute atomic E-state index is 0.0425. The van der Waals surface area contributed by atoms with Gasteiger partial charge in [0.05, 0.1) is 24.3 Å². The maximum atomic E-state index is 15.2. The van der Waals surface area contributed by atoms with Gasteiger partial charge in [0.2, 0.25) is 5.91 Å². The lowest BCUT2D eigenvalue weighted by Crippen LogP contribution is -2.42. The maximum Gasteiger partial charge on any atom is 0.414 e. The number of halogens is 2. The van der Waals surface area contributed by atoms with E-state index in [1.807, 2.05) is 24.1 Å². The molecule has 10 nitrogen and oxygen atoms in total. The average Bonchev–Trinajstić information content (AvgIpc) is 3.24. The van der Waals surface area contributed by atoms with Crippen LogP contribution in [0.2, 0.25) is 0 Å². The van der Waals surface area contributed by atoms with Crippen LogP contribution in [0.15, 0.2) is 36.4 Å². The number of nitrogens with one attached hydrogen (secondary N) is 1. The first kappa shape index (κ1) is 28.8. The molecule has 1 aliphatic heterocycles. The number of benzene rings is 2. The van der Waals surface area contributed by atoms with E-state index in [0.29, 0.717) is 26.2 Å². The van der Waals surface area contributed by atoms with Crippen molar-refractivity contribution >= 4 is 29.3 Å². The predicted octanol–water partition coefficient (Wildman–Crippen LogP) is 2.93. The summed E-state index contributed by atoms with van der Waals surface area (Å²) in [5, 5.41) is 15.4. The van der Waals surface area contributed by atoms with Crippen LogP contribution in [0.4, 0.5) is 25.0 Å². The fourth-order valence-corrected chi connectivity index (χ4v) is 4.11. The molecule has 1 fully saturated rings. The number of aromatic carboxylic acids is 1. The van der Waals surface area contributed by atoms with E-state index in [-0.39, 0.29) is 35.9 Å². The van der Waals surface area contributed by atoms with Crippen molar-refractivity contribution in [3.05, 3.63) is 59.2 Å². The smallest absolute Gasteiger partial charge is 0.414 e. The van der Waals surface area contributed by atoms with Gasteiger partial charge in [-0.3, -0.25) is 9.69 Å². The molecule has 1 atom stereocenters. The van der Waals surface area contributed by atoms with E-state index < -0.39 is 29.8 Å². The largest absolute Gasteiger partial charge is 0.478 e. The van der Waals surface area contributed by atoms with Crippen LogP contribution in [0.25, 0.3) is 0 Å². The number of carboxylic acid groups (broad SMARTS) is 1. The summed E-state index contributed by atoms with van der Waals surface area (Å²) in [5.74, 6) is -2.85. The fraction of sp³-hybridized carbons (Fsp3) is 0.423. The summed E-state index contributed by atoms with van der Waals surface area (Å²) in [4.78, 5) is 37.1. The highest BCUT2D eigenvalue weighted by molar-refractivity contribution is 5.90. The highest BCUT2D eigenvalue weighted by Gasteiger charge is 2.33. The van der Waals surface area contributed by atoms with Crippen LogP contribution in [0.1, 0.15) is 29.8 Å². The molecule has 3 rings (SSSR count). The molecule has 12 heteroatoms. The van der Waals surface area contributed by atoms with Crippen LogP contribution in [-0.4, -0.2) is 86.0 Å². The molecule has 2 amide bonds. The van der Waals surface area contributed by atoms with E-state index in [2.05, 4.69) is 5.32 Å². The molecule has 206 valence electrons. The summed E-state index contributed by atoms with van der Waals surface area (Å²) in [5.41, 5.74) is 0.994. The third kappa shape index (κ3) is 7.17.